The number of rotatable bonds is 4. The molecule has 0 aliphatic rings. The van der Waals surface area contributed by atoms with Gasteiger partial charge in [-0.15, -0.1) is 0 Å². The summed E-state index contributed by atoms with van der Waals surface area (Å²) in [5.41, 5.74) is 2.18. The summed E-state index contributed by atoms with van der Waals surface area (Å²) in [4.78, 5) is 10.4. The van der Waals surface area contributed by atoms with Crippen molar-refractivity contribution in [1.82, 2.24) is 9.78 Å². The number of carbonyl (C=O) groups excluding carboxylic acids is 1. The van der Waals surface area contributed by atoms with Gasteiger partial charge < -0.3 is 4.79 Å². The average Bonchev–Trinajstić information content (AvgIpc) is 2.65. The molecule has 3 heteroatoms. The van der Waals surface area contributed by atoms with Crippen LogP contribution in [0.15, 0.2) is 24.3 Å². The van der Waals surface area contributed by atoms with Crippen LogP contribution in [0.1, 0.15) is 19.0 Å². The zero-order chi connectivity index (χ0) is 10.7. The summed E-state index contributed by atoms with van der Waals surface area (Å²) in [6.45, 7) is 2.94. The lowest BCUT2D eigenvalue weighted by Crippen LogP contribution is -1.97. The molecule has 0 amide bonds. The third kappa shape index (κ3) is 1.77. The van der Waals surface area contributed by atoms with Gasteiger partial charge >= 0.3 is 0 Å². The number of fused-ring (bicyclic) bond motifs is 1. The van der Waals surface area contributed by atoms with Gasteiger partial charge in [0.2, 0.25) is 0 Å². The fourth-order valence-electron chi connectivity index (χ4n) is 1.82. The maximum Gasteiger partial charge on any atom is 0.120 e. The second kappa shape index (κ2) is 4.26. The number of para-hydroxylation sites is 1. The van der Waals surface area contributed by atoms with Crippen LogP contribution in [0.3, 0.4) is 0 Å². The van der Waals surface area contributed by atoms with Crippen LogP contribution in [-0.4, -0.2) is 16.1 Å². The Labute approximate surface area is 88.7 Å². The molecule has 0 saturated carbocycles. The molecule has 15 heavy (non-hydrogen) atoms. The van der Waals surface area contributed by atoms with Crippen molar-refractivity contribution in [3.05, 3.63) is 30.0 Å². The van der Waals surface area contributed by atoms with E-state index in [-0.39, 0.29) is 0 Å². The standard InChI is InChI=1S/C12H14N2O/c1-2-14-12-8-4-3-6-10(12)11(13-14)7-5-9-15/h3-4,6,8-9H,2,5,7H2,1H3. The summed E-state index contributed by atoms with van der Waals surface area (Å²) in [6, 6.07) is 8.15. The average molecular weight is 202 g/mol. The van der Waals surface area contributed by atoms with Crippen LogP contribution in [0, 0.1) is 0 Å². The number of nitrogens with zero attached hydrogens (tertiary/aromatic N) is 2. The van der Waals surface area contributed by atoms with Crippen LogP contribution >= 0.6 is 0 Å². The molecule has 1 heterocycles. The molecular formula is C12H14N2O. The second-order valence-corrected chi connectivity index (χ2v) is 3.48. The van der Waals surface area contributed by atoms with Gasteiger partial charge in [0, 0.05) is 18.4 Å². The lowest BCUT2D eigenvalue weighted by Gasteiger charge is -1.95. The van der Waals surface area contributed by atoms with Crippen molar-refractivity contribution in [1.29, 1.82) is 0 Å². The summed E-state index contributed by atoms with van der Waals surface area (Å²) in [5.74, 6) is 0. The monoisotopic (exact) mass is 202 g/mol. The van der Waals surface area contributed by atoms with Gasteiger partial charge in [-0.3, -0.25) is 4.68 Å². The molecule has 2 aromatic rings. The predicted octanol–water partition coefficient (Wildman–Crippen LogP) is 2.19. The van der Waals surface area contributed by atoms with E-state index in [4.69, 9.17) is 0 Å². The molecule has 0 spiro atoms. The Morgan fingerprint density at radius 3 is 2.93 bits per heavy atom. The number of aldehydes is 1. The minimum absolute atomic E-state index is 0.546. The fourth-order valence-corrected chi connectivity index (χ4v) is 1.82. The molecule has 0 aliphatic heterocycles. The Balaban J connectivity index is 2.49. The first kappa shape index (κ1) is 9.90. The van der Waals surface area contributed by atoms with Crippen LogP contribution in [0.5, 0.6) is 0 Å². The molecule has 0 aliphatic carbocycles. The second-order valence-electron chi connectivity index (χ2n) is 3.48. The van der Waals surface area contributed by atoms with Crippen LogP contribution in [0.25, 0.3) is 10.9 Å². The topological polar surface area (TPSA) is 34.9 Å². The molecular weight excluding hydrogens is 188 g/mol. The zero-order valence-corrected chi connectivity index (χ0v) is 8.81. The van der Waals surface area contributed by atoms with Crippen molar-refractivity contribution in [2.75, 3.05) is 0 Å². The highest BCUT2D eigenvalue weighted by Crippen LogP contribution is 2.19. The number of aryl methyl sites for hydroxylation is 2. The molecule has 0 bridgehead atoms. The first-order valence-electron chi connectivity index (χ1n) is 5.25. The number of aromatic nitrogens is 2. The maximum absolute atomic E-state index is 10.4. The molecule has 0 fully saturated rings. The molecule has 0 atom stereocenters. The van der Waals surface area contributed by atoms with Gasteiger partial charge in [0.15, 0.2) is 0 Å². The third-order valence-corrected chi connectivity index (χ3v) is 2.53. The predicted molar refractivity (Wildman–Crippen MR) is 59.8 cm³/mol. The van der Waals surface area contributed by atoms with Crippen molar-refractivity contribution < 1.29 is 4.79 Å². The molecule has 2 rings (SSSR count). The van der Waals surface area contributed by atoms with Crippen molar-refractivity contribution >= 4 is 17.2 Å². The lowest BCUT2D eigenvalue weighted by molar-refractivity contribution is -0.107. The summed E-state index contributed by atoms with van der Waals surface area (Å²) >= 11 is 0. The first-order chi connectivity index (χ1) is 7.36. The van der Waals surface area contributed by atoms with Gasteiger partial charge in [-0.05, 0) is 19.4 Å². The Bertz CT molecular complexity index is 473. The Morgan fingerprint density at radius 1 is 1.40 bits per heavy atom. The van der Waals surface area contributed by atoms with E-state index in [1.807, 2.05) is 16.8 Å². The van der Waals surface area contributed by atoms with Crippen molar-refractivity contribution in [2.45, 2.75) is 26.3 Å². The largest absolute Gasteiger partial charge is 0.303 e. The van der Waals surface area contributed by atoms with Gasteiger partial charge in [0.1, 0.15) is 6.29 Å². The molecule has 1 aromatic heterocycles. The highest BCUT2D eigenvalue weighted by atomic mass is 16.1. The van der Waals surface area contributed by atoms with Crippen LogP contribution in [0.2, 0.25) is 0 Å². The molecule has 0 N–H and O–H groups in total. The quantitative estimate of drug-likeness (QED) is 0.712. The summed E-state index contributed by atoms with van der Waals surface area (Å²) in [5, 5.41) is 5.67. The zero-order valence-electron chi connectivity index (χ0n) is 8.81. The normalized spacial score (nSPS) is 10.7. The van der Waals surface area contributed by atoms with Crippen LogP contribution < -0.4 is 0 Å². The molecule has 0 unspecified atom stereocenters. The molecule has 78 valence electrons. The Hall–Kier alpha value is -1.64. The van der Waals surface area contributed by atoms with E-state index in [0.29, 0.717) is 6.42 Å². The van der Waals surface area contributed by atoms with E-state index in [1.54, 1.807) is 0 Å². The number of carbonyl (C=O) groups is 1. The van der Waals surface area contributed by atoms with Gasteiger partial charge in [0.25, 0.3) is 0 Å². The van der Waals surface area contributed by atoms with Crippen LogP contribution in [0.4, 0.5) is 0 Å². The number of hydrogen-bond acceptors (Lipinski definition) is 2. The molecule has 3 nitrogen and oxygen atoms in total. The molecule has 0 radical (unpaired) electrons. The smallest absolute Gasteiger partial charge is 0.120 e. The van der Waals surface area contributed by atoms with E-state index in [9.17, 15) is 4.79 Å². The highest BCUT2D eigenvalue weighted by Gasteiger charge is 2.07. The Kier molecular flexibility index (Phi) is 2.81. The summed E-state index contributed by atoms with van der Waals surface area (Å²) in [7, 11) is 0. The summed E-state index contributed by atoms with van der Waals surface area (Å²) < 4.78 is 1.98. The number of hydrogen-bond donors (Lipinski definition) is 0. The van der Waals surface area contributed by atoms with Crippen molar-refractivity contribution in [3.63, 3.8) is 0 Å². The van der Waals surface area contributed by atoms with Gasteiger partial charge in [0.05, 0.1) is 11.2 Å². The van der Waals surface area contributed by atoms with E-state index in [2.05, 4.69) is 24.2 Å². The van der Waals surface area contributed by atoms with E-state index < -0.39 is 0 Å². The minimum Gasteiger partial charge on any atom is -0.303 e. The third-order valence-electron chi connectivity index (χ3n) is 2.53. The summed E-state index contributed by atoms with van der Waals surface area (Å²) in [6.07, 6.45) is 2.22. The highest BCUT2D eigenvalue weighted by molar-refractivity contribution is 5.82. The van der Waals surface area contributed by atoms with Crippen molar-refractivity contribution in [2.24, 2.45) is 0 Å². The fraction of sp³-hybridized carbons (Fsp3) is 0.333. The van der Waals surface area contributed by atoms with Crippen molar-refractivity contribution in [3.8, 4) is 0 Å². The van der Waals surface area contributed by atoms with E-state index in [1.165, 1.54) is 5.39 Å². The lowest BCUT2D eigenvalue weighted by atomic mass is 10.1. The van der Waals surface area contributed by atoms with Gasteiger partial charge in [-0.25, -0.2) is 0 Å². The van der Waals surface area contributed by atoms with Crippen LogP contribution in [-0.2, 0) is 17.8 Å². The van der Waals surface area contributed by atoms with E-state index >= 15 is 0 Å². The van der Waals surface area contributed by atoms with Gasteiger partial charge in [-0.1, -0.05) is 18.2 Å². The number of benzene rings is 1. The van der Waals surface area contributed by atoms with Gasteiger partial charge in [-0.2, -0.15) is 5.10 Å². The molecule has 1 aromatic carbocycles. The minimum atomic E-state index is 0.546. The first-order valence-corrected chi connectivity index (χ1v) is 5.25. The van der Waals surface area contributed by atoms with E-state index in [0.717, 1.165) is 30.5 Å². The SMILES string of the molecule is CCn1nc(CCC=O)c2ccccc21. The molecule has 0 saturated heterocycles. The maximum atomic E-state index is 10.4. The Morgan fingerprint density at radius 2 is 2.20 bits per heavy atom.